The van der Waals surface area contributed by atoms with E-state index in [0.29, 0.717) is 12.1 Å². The first-order valence-corrected chi connectivity index (χ1v) is 8.43. The number of ether oxygens (including phenoxy) is 1. The summed E-state index contributed by atoms with van der Waals surface area (Å²) >= 11 is 0. The summed E-state index contributed by atoms with van der Waals surface area (Å²) in [5.41, 5.74) is 5.24. The van der Waals surface area contributed by atoms with E-state index in [2.05, 4.69) is 24.2 Å². The molecule has 2 unspecified atom stereocenters. The number of nitrogens with one attached hydrogen (secondary N) is 1. The Morgan fingerprint density at radius 2 is 2.05 bits per heavy atom. The summed E-state index contributed by atoms with van der Waals surface area (Å²) in [6.45, 7) is 4.69. The molecule has 2 rings (SSSR count). The molecule has 2 aliphatic rings. The Balaban J connectivity index is 2.01. The standard InChI is InChI=1S/C16H31N3O2/c1-3-9-18-16(15(17)20)8-4-5-14(12-16)19(2)13-6-10-21-11-7-13/h13-14,18H,3-12H2,1-2H3,(H2,17,20). The van der Waals surface area contributed by atoms with Gasteiger partial charge in [0.15, 0.2) is 0 Å². The molecule has 1 saturated carbocycles. The molecule has 0 aromatic heterocycles. The first-order chi connectivity index (χ1) is 10.1. The summed E-state index contributed by atoms with van der Waals surface area (Å²) in [7, 11) is 2.21. The Bertz CT molecular complexity index is 344. The maximum Gasteiger partial charge on any atom is 0.237 e. The Kier molecular flexibility index (Phi) is 6.02. The van der Waals surface area contributed by atoms with Gasteiger partial charge >= 0.3 is 0 Å². The van der Waals surface area contributed by atoms with E-state index in [-0.39, 0.29) is 5.91 Å². The number of amides is 1. The van der Waals surface area contributed by atoms with Crippen molar-refractivity contribution in [1.29, 1.82) is 0 Å². The zero-order valence-corrected chi connectivity index (χ0v) is 13.6. The smallest absolute Gasteiger partial charge is 0.237 e. The van der Waals surface area contributed by atoms with Crippen molar-refractivity contribution in [2.45, 2.75) is 69.5 Å². The topological polar surface area (TPSA) is 67.6 Å². The highest BCUT2D eigenvalue weighted by atomic mass is 16.5. The molecule has 0 aromatic rings. The predicted molar refractivity (Wildman–Crippen MR) is 84.1 cm³/mol. The van der Waals surface area contributed by atoms with Gasteiger partial charge in [-0.3, -0.25) is 4.79 Å². The Hall–Kier alpha value is -0.650. The summed E-state index contributed by atoms with van der Waals surface area (Å²) < 4.78 is 5.46. The molecule has 1 aliphatic carbocycles. The second kappa shape index (κ2) is 7.56. The van der Waals surface area contributed by atoms with Gasteiger partial charge < -0.3 is 20.7 Å². The number of nitrogens with zero attached hydrogens (tertiary/aromatic N) is 1. The van der Waals surface area contributed by atoms with Crippen LogP contribution in [0.2, 0.25) is 0 Å². The molecule has 122 valence electrons. The zero-order valence-electron chi connectivity index (χ0n) is 13.6. The Labute approximate surface area is 128 Å². The highest BCUT2D eigenvalue weighted by molar-refractivity contribution is 5.84. The minimum absolute atomic E-state index is 0.180. The maximum absolute atomic E-state index is 12.0. The quantitative estimate of drug-likeness (QED) is 0.774. The van der Waals surface area contributed by atoms with Crippen LogP contribution in [0, 0.1) is 0 Å². The molecule has 3 N–H and O–H groups in total. The van der Waals surface area contributed by atoms with E-state index < -0.39 is 5.54 Å². The number of primary amides is 1. The molecule has 2 fully saturated rings. The third-order valence-electron chi connectivity index (χ3n) is 5.25. The number of hydrogen-bond acceptors (Lipinski definition) is 4. The summed E-state index contributed by atoms with van der Waals surface area (Å²) in [4.78, 5) is 14.5. The molecule has 0 spiro atoms. The number of rotatable bonds is 6. The maximum atomic E-state index is 12.0. The number of hydrogen-bond donors (Lipinski definition) is 2. The second-order valence-electron chi connectivity index (χ2n) is 6.63. The van der Waals surface area contributed by atoms with Gasteiger partial charge in [-0.15, -0.1) is 0 Å². The van der Waals surface area contributed by atoms with Crippen molar-refractivity contribution in [1.82, 2.24) is 10.2 Å². The predicted octanol–water partition coefficient (Wildman–Crippen LogP) is 1.26. The fraction of sp³-hybridized carbons (Fsp3) is 0.938. The summed E-state index contributed by atoms with van der Waals surface area (Å²) in [6.07, 6.45) is 7.17. The van der Waals surface area contributed by atoms with Gasteiger partial charge in [0.25, 0.3) is 0 Å². The first kappa shape index (κ1) is 16.7. The van der Waals surface area contributed by atoms with E-state index in [0.717, 1.165) is 64.7 Å². The van der Waals surface area contributed by atoms with E-state index in [9.17, 15) is 4.79 Å². The van der Waals surface area contributed by atoms with Gasteiger partial charge in [0.05, 0.1) is 5.54 Å². The number of carbonyl (C=O) groups is 1. The van der Waals surface area contributed by atoms with Crippen molar-refractivity contribution in [2.24, 2.45) is 5.73 Å². The van der Waals surface area contributed by atoms with Crippen LogP contribution >= 0.6 is 0 Å². The summed E-state index contributed by atoms with van der Waals surface area (Å²) in [5, 5.41) is 3.45. The number of carbonyl (C=O) groups excluding carboxylic acids is 1. The highest BCUT2D eigenvalue weighted by Crippen LogP contribution is 2.32. The van der Waals surface area contributed by atoms with Gasteiger partial charge in [-0.1, -0.05) is 6.92 Å². The molecule has 21 heavy (non-hydrogen) atoms. The van der Waals surface area contributed by atoms with Gasteiger partial charge in [0.2, 0.25) is 5.91 Å². The third kappa shape index (κ3) is 3.96. The van der Waals surface area contributed by atoms with Crippen molar-refractivity contribution in [2.75, 3.05) is 26.8 Å². The van der Waals surface area contributed by atoms with Crippen LogP contribution in [0.4, 0.5) is 0 Å². The highest BCUT2D eigenvalue weighted by Gasteiger charge is 2.42. The molecule has 1 heterocycles. The molecule has 5 heteroatoms. The zero-order chi connectivity index (χ0) is 15.3. The van der Waals surface area contributed by atoms with Crippen LogP contribution in [0.15, 0.2) is 0 Å². The largest absolute Gasteiger partial charge is 0.381 e. The van der Waals surface area contributed by atoms with Crippen LogP contribution in [0.3, 0.4) is 0 Å². The third-order valence-corrected chi connectivity index (χ3v) is 5.25. The Morgan fingerprint density at radius 1 is 1.33 bits per heavy atom. The molecule has 0 radical (unpaired) electrons. The molecule has 1 aliphatic heterocycles. The van der Waals surface area contributed by atoms with Crippen molar-refractivity contribution in [3.8, 4) is 0 Å². The molecule has 0 aromatic carbocycles. The lowest BCUT2D eigenvalue weighted by Crippen LogP contribution is -2.61. The lowest BCUT2D eigenvalue weighted by molar-refractivity contribution is -0.127. The molecule has 0 bridgehead atoms. The second-order valence-corrected chi connectivity index (χ2v) is 6.63. The fourth-order valence-electron chi connectivity index (χ4n) is 3.82. The molecule has 5 nitrogen and oxygen atoms in total. The molecular formula is C16H31N3O2. The van der Waals surface area contributed by atoms with Crippen LogP contribution in [-0.4, -0.2) is 55.2 Å². The van der Waals surface area contributed by atoms with Crippen LogP contribution in [0.25, 0.3) is 0 Å². The minimum Gasteiger partial charge on any atom is -0.381 e. The van der Waals surface area contributed by atoms with Gasteiger partial charge in [-0.25, -0.2) is 0 Å². The summed E-state index contributed by atoms with van der Waals surface area (Å²) in [5.74, 6) is -0.180. The average molecular weight is 297 g/mol. The van der Waals surface area contributed by atoms with Crippen molar-refractivity contribution >= 4 is 5.91 Å². The average Bonchev–Trinajstić information content (AvgIpc) is 2.53. The van der Waals surface area contributed by atoms with Crippen molar-refractivity contribution in [3.05, 3.63) is 0 Å². The van der Waals surface area contributed by atoms with E-state index in [1.54, 1.807) is 0 Å². The monoisotopic (exact) mass is 297 g/mol. The van der Waals surface area contributed by atoms with Gasteiger partial charge in [-0.2, -0.15) is 0 Å². The van der Waals surface area contributed by atoms with E-state index in [1.807, 2.05) is 0 Å². The van der Waals surface area contributed by atoms with E-state index in [1.165, 1.54) is 0 Å². The van der Waals surface area contributed by atoms with Crippen LogP contribution < -0.4 is 11.1 Å². The van der Waals surface area contributed by atoms with Gasteiger partial charge in [-0.05, 0) is 58.5 Å². The normalized spacial score (nSPS) is 31.5. The van der Waals surface area contributed by atoms with E-state index in [4.69, 9.17) is 10.5 Å². The lowest BCUT2D eigenvalue weighted by atomic mass is 9.77. The van der Waals surface area contributed by atoms with Gasteiger partial charge in [0, 0.05) is 25.3 Å². The van der Waals surface area contributed by atoms with Crippen LogP contribution in [0.1, 0.15) is 51.9 Å². The van der Waals surface area contributed by atoms with Crippen molar-refractivity contribution in [3.63, 3.8) is 0 Å². The molecule has 1 saturated heterocycles. The lowest BCUT2D eigenvalue weighted by Gasteiger charge is -2.45. The van der Waals surface area contributed by atoms with Crippen LogP contribution in [-0.2, 0) is 9.53 Å². The first-order valence-electron chi connectivity index (χ1n) is 8.43. The Morgan fingerprint density at radius 3 is 2.67 bits per heavy atom. The van der Waals surface area contributed by atoms with Crippen molar-refractivity contribution < 1.29 is 9.53 Å². The minimum atomic E-state index is -0.502. The molecule has 2 atom stereocenters. The number of nitrogens with two attached hydrogens (primary N) is 1. The fourth-order valence-corrected chi connectivity index (χ4v) is 3.82. The molecular weight excluding hydrogens is 266 g/mol. The molecule has 1 amide bonds. The SMILES string of the molecule is CCCNC1(C(N)=O)CCCC(N(C)C2CCOCC2)C1. The van der Waals surface area contributed by atoms with Crippen LogP contribution in [0.5, 0.6) is 0 Å². The summed E-state index contributed by atoms with van der Waals surface area (Å²) in [6, 6.07) is 1.03. The van der Waals surface area contributed by atoms with E-state index >= 15 is 0 Å². The van der Waals surface area contributed by atoms with Gasteiger partial charge in [0.1, 0.15) is 0 Å².